The lowest BCUT2D eigenvalue weighted by Crippen LogP contribution is -2.44. The predicted molar refractivity (Wildman–Crippen MR) is 71.9 cm³/mol. The molecule has 1 saturated heterocycles. The molecule has 1 heterocycles. The molecule has 2 rings (SSSR count). The molecule has 0 saturated carbocycles. The Hall–Kier alpha value is -1.22. The first-order chi connectivity index (χ1) is 8.11. The number of nitrogens with zero attached hydrogens (tertiary/aromatic N) is 1. The fourth-order valence-electron chi connectivity index (χ4n) is 2.24. The predicted octanol–water partition coefficient (Wildman–Crippen LogP) is 2.27. The summed E-state index contributed by atoms with van der Waals surface area (Å²) in [5.74, 6) is 0.988. The third kappa shape index (κ3) is 2.91. The SMILES string of the molecule is CN(C)c1ccccc1OC1(C)CCNCC1. The molecule has 0 atom stereocenters. The first-order valence-corrected chi connectivity index (χ1v) is 6.27. The zero-order valence-corrected chi connectivity index (χ0v) is 11.0. The van der Waals surface area contributed by atoms with Gasteiger partial charge < -0.3 is 15.0 Å². The van der Waals surface area contributed by atoms with Gasteiger partial charge >= 0.3 is 0 Å². The Kier molecular flexibility index (Phi) is 3.57. The Morgan fingerprint density at radius 2 is 1.82 bits per heavy atom. The summed E-state index contributed by atoms with van der Waals surface area (Å²) >= 11 is 0. The van der Waals surface area contributed by atoms with Crippen LogP contribution >= 0.6 is 0 Å². The van der Waals surface area contributed by atoms with E-state index in [0.717, 1.165) is 37.4 Å². The van der Waals surface area contributed by atoms with Crippen molar-refractivity contribution in [2.75, 3.05) is 32.1 Å². The molecule has 0 spiro atoms. The topological polar surface area (TPSA) is 24.5 Å². The van der Waals surface area contributed by atoms with Gasteiger partial charge in [0.2, 0.25) is 0 Å². The minimum atomic E-state index is -0.0304. The molecule has 0 bridgehead atoms. The van der Waals surface area contributed by atoms with Gasteiger partial charge in [-0.1, -0.05) is 12.1 Å². The van der Waals surface area contributed by atoms with E-state index in [9.17, 15) is 0 Å². The summed E-state index contributed by atoms with van der Waals surface area (Å²) in [6.07, 6.45) is 2.13. The highest BCUT2D eigenvalue weighted by atomic mass is 16.5. The fraction of sp³-hybridized carbons (Fsp3) is 0.571. The largest absolute Gasteiger partial charge is 0.485 e. The van der Waals surface area contributed by atoms with Crippen LogP contribution in [0.2, 0.25) is 0 Å². The zero-order chi connectivity index (χ0) is 12.3. The molecule has 1 fully saturated rings. The molecule has 0 amide bonds. The lowest BCUT2D eigenvalue weighted by atomic mass is 9.94. The lowest BCUT2D eigenvalue weighted by molar-refractivity contribution is 0.0561. The molecule has 0 aromatic heterocycles. The smallest absolute Gasteiger partial charge is 0.143 e. The Bertz CT molecular complexity index is 370. The van der Waals surface area contributed by atoms with E-state index < -0.39 is 0 Å². The summed E-state index contributed by atoms with van der Waals surface area (Å²) in [6.45, 7) is 4.29. The van der Waals surface area contributed by atoms with E-state index in [4.69, 9.17) is 4.74 Å². The average molecular weight is 234 g/mol. The van der Waals surface area contributed by atoms with E-state index in [1.807, 2.05) is 26.2 Å². The summed E-state index contributed by atoms with van der Waals surface area (Å²) < 4.78 is 6.25. The van der Waals surface area contributed by atoms with Gasteiger partial charge in [0.05, 0.1) is 5.69 Å². The van der Waals surface area contributed by atoms with Crippen LogP contribution in [0.3, 0.4) is 0 Å². The van der Waals surface area contributed by atoms with Crippen LogP contribution in [-0.2, 0) is 0 Å². The second-order valence-corrected chi connectivity index (χ2v) is 5.16. The van der Waals surface area contributed by atoms with Crippen LogP contribution in [0.5, 0.6) is 5.75 Å². The van der Waals surface area contributed by atoms with E-state index in [1.165, 1.54) is 0 Å². The van der Waals surface area contributed by atoms with Crippen LogP contribution in [0.4, 0.5) is 5.69 Å². The lowest BCUT2D eigenvalue weighted by Gasteiger charge is -2.35. The van der Waals surface area contributed by atoms with E-state index in [1.54, 1.807) is 0 Å². The summed E-state index contributed by atoms with van der Waals surface area (Å²) in [4.78, 5) is 2.10. The van der Waals surface area contributed by atoms with Crippen molar-refractivity contribution in [2.45, 2.75) is 25.4 Å². The van der Waals surface area contributed by atoms with Crippen molar-refractivity contribution in [1.82, 2.24) is 5.32 Å². The van der Waals surface area contributed by atoms with Crippen LogP contribution in [-0.4, -0.2) is 32.8 Å². The molecule has 1 aromatic rings. The minimum absolute atomic E-state index is 0.0304. The van der Waals surface area contributed by atoms with Gasteiger partial charge in [-0.05, 0) is 45.0 Å². The van der Waals surface area contributed by atoms with E-state index in [2.05, 4.69) is 29.3 Å². The quantitative estimate of drug-likeness (QED) is 0.868. The number of piperidine rings is 1. The average Bonchev–Trinajstić information content (AvgIpc) is 2.29. The summed E-state index contributed by atoms with van der Waals surface area (Å²) in [6, 6.07) is 8.24. The molecule has 1 aliphatic rings. The van der Waals surface area contributed by atoms with Gasteiger partial charge in [0.15, 0.2) is 0 Å². The van der Waals surface area contributed by atoms with Gasteiger partial charge in [-0.3, -0.25) is 0 Å². The van der Waals surface area contributed by atoms with Crippen LogP contribution in [0.1, 0.15) is 19.8 Å². The summed E-state index contributed by atoms with van der Waals surface area (Å²) in [5.41, 5.74) is 1.12. The second-order valence-electron chi connectivity index (χ2n) is 5.16. The molecule has 17 heavy (non-hydrogen) atoms. The van der Waals surface area contributed by atoms with Gasteiger partial charge in [-0.2, -0.15) is 0 Å². The Labute approximate surface area is 104 Å². The summed E-state index contributed by atoms with van der Waals surface area (Å²) in [7, 11) is 4.10. The molecular formula is C14H22N2O. The monoisotopic (exact) mass is 234 g/mol. The third-order valence-corrected chi connectivity index (χ3v) is 3.36. The first kappa shape index (κ1) is 12.2. The number of rotatable bonds is 3. The van der Waals surface area contributed by atoms with Gasteiger partial charge in [-0.25, -0.2) is 0 Å². The van der Waals surface area contributed by atoms with E-state index >= 15 is 0 Å². The molecule has 1 aliphatic heterocycles. The molecule has 3 heteroatoms. The molecule has 94 valence electrons. The summed E-state index contributed by atoms with van der Waals surface area (Å²) in [5, 5.41) is 3.37. The number of benzene rings is 1. The molecule has 0 radical (unpaired) electrons. The molecule has 1 aromatic carbocycles. The number of nitrogens with one attached hydrogen (secondary N) is 1. The van der Waals surface area contributed by atoms with Crippen molar-refractivity contribution in [1.29, 1.82) is 0 Å². The maximum Gasteiger partial charge on any atom is 0.143 e. The van der Waals surface area contributed by atoms with E-state index in [-0.39, 0.29) is 5.60 Å². The number of hydrogen-bond donors (Lipinski definition) is 1. The zero-order valence-electron chi connectivity index (χ0n) is 11.0. The maximum absolute atomic E-state index is 6.25. The molecule has 3 nitrogen and oxygen atoms in total. The standard InChI is InChI=1S/C14H22N2O/c1-14(8-10-15-11-9-14)17-13-7-5-4-6-12(13)16(2)3/h4-7,15H,8-11H2,1-3H3. The maximum atomic E-state index is 6.25. The van der Waals surface area contributed by atoms with Crippen molar-refractivity contribution in [3.63, 3.8) is 0 Å². The molecular weight excluding hydrogens is 212 g/mol. The normalized spacial score (nSPS) is 18.8. The van der Waals surface area contributed by atoms with Gasteiger partial charge in [0.1, 0.15) is 11.4 Å². The molecule has 1 N–H and O–H groups in total. The fourth-order valence-corrected chi connectivity index (χ4v) is 2.24. The third-order valence-electron chi connectivity index (χ3n) is 3.36. The van der Waals surface area contributed by atoms with Gasteiger partial charge in [-0.15, -0.1) is 0 Å². The second kappa shape index (κ2) is 4.96. The number of para-hydroxylation sites is 2. The van der Waals surface area contributed by atoms with Crippen LogP contribution < -0.4 is 15.0 Å². The van der Waals surface area contributed by atoms with Crippen molar-refractivity contribution in [2.24, 2.45) is 0 Å². The van der Waals surface area contributed by atoms with Crippen LogP contribution in [0, 0.1) is 0 Å². The van der Waals surface area contributed by atoms with Crippen LogP contribution in [0.25, 0.3) is 0 Å². The Morgan fingerprint density at radius 1 is 1.18 bits per heavy atom. The van der Waals surface area contributed by atoms with Crippen molar-refractivity contribution >= 4 is 5.69 Å². The Balaban J connectivity index is 2.17. The van der Waals surface area contributed by atoms with Crippen molar-refractivity contribution in [3.05, 3.63) is 24.3 Å². The van der Waals surface area contributed by atoms with E-state index in [0.29, 0.717) is 0 Å². The Morgan fingerprint density at radius 3 is 2.47 bits per heavy atom. The van der Waals surface area contributed by atoms with Crippen LogP contribution in [0.15, 0.2) is 24.3 Å². The number of hydrogen-bond acceptors (Lipinski definition) is 3. The highest BCUT2D eigenvalue weighted by molar-refractivity contribution is 5.57. The highest BCUT2D eigenvalue weighted by Gasteiger charge is 2.29. The number of ether oxygens (including phenoxy) is 1. The van der Waals surface area contributed by atoms with Gasteiger partial charge in [0, 0.05) is 14.1 Å². The van der Waals surface area contributed by atoms with Crippen molar-refractivity contribution in [3.8, 4) is 5.75 Å². The molecule has 0 aliphatic carbocycles. The molecule has 0 unspecified atom stereocenters. The minimum Gasteiger partial charge on any atom is -0.485 e. The first-order valence-electron chi connectivity index (χ1n) is 6.27. The number of anilines is 1. The van der Waals surface area contributed by atoms with Crippen molar-refractivity contribution < 1.29 is 4.74 Å². The highest BCUT2D eigenvalue weighted by Crippen LogP contribution is 2.32. The van der Waals surface area contributed by atoms with Gasteiger partial charge in [0.25, 0.3) is 0 Å².